The summed E-state index contributed by atoms with van der Waals surface area (Å²) in [6, 6.07) is 6.64. The van der Waals surface area contributed by atoms with Crippen LogP contribution in [0.2, 0.25) is 10.0 Å². The zero-order valence-electron chi connectivity index (χ0n) is 12.2. The number of pyridine rings is 1. The van der Waals surface area contributed by atoms with Crippen LogP contribution in [0, 0.1) is 0 Å². The average molecular weight is 356 g/mol. The van der Waals surface area contributed by atoms with Gasteiger partial charge in [-0.1, -0.05) is 42.8 Å². The van der Waals surface area contributed by atoms with Crippen LogP contribution in [0.15, 0.2) is 41.9 Å². The van der Waals surface area contributed by atoms with Crippen LogP contribution in [-0.4, -0.2) is 19.2 Å². The van der Waals surface area contributed by atoms with Crippen LogP contribution in [0.1, 0.15) is 19.5 Å². The summed E-state index contributed by atoms with van der Waals surface area (Å²) in [5.41, 5.74) is 2.29. The summed E-state index contributed by atoms with van der Waals surface area (Å²) in [4.78, 5) is 4.43. The number of nitrogens with zero attached hydrogens (tertiary/aromatic N) is 1. The summed E-state index contributed by atoms with van der Waals surface area (Å²) in [6.07, 6.45) is 1.59. The SMILES string of the molecule is C=C(C)c1ncc(-c2ccc(Cl)cc2Cl)cc1S(=O)(=O)CC. The molecule has 2 aromatic rings. The smallest absolute Gasteiger partial charge is 0.180 e. The van der Waals surface area contributed by atoms with Crippen molar-refractivity contribution in [1.82, 2.24) is 4.98 Å². The van der Waals surface area contributed by atoms with Crippen LogP contribution in [0.3, 0.4) is 0 Å². The van der Waals surface area contributed by atoms with Gasteiger partial charge in [-0.05, 0) is 30.7 Å². The normalized spacial score (nSPS) is 11.5. The number of rotatable bonds is 4. The lowest BCUT2D eigenvalue weighted by molar-refractivity contribution is 0.596. The molecule has 0 bridgehead atoms. The first-order chi connectivity index (χ1) is 10.3. The van der Waals surface area contributed by atoms with Crippen LogP contribution >= 0.6 is 23.2 Å². The van der Waals surface area contributed by atoms with Gasteiger partial charge in [0, 0.05) is 27.4 Å². The Kier molecular flexibility index (Phi) is 4.95. The molecular formula is C16H15Cl2NO2S. The summed E-state index contributed by atoms with van der Waals surface area (Å²) in [6.45, 7) is 7.12. The van der Waals surface area contributed by atoms with E-state index in [1.54, 1.807) is 44.3 Å². The van der Waals surface area contributed by atoms with E-state index in [0.29, 0.717) is 32.4 Å². The first kappa shape index (κ1) is 17.0. The van der Waals surface area contributed by atoms with Gasteiger partial charge in [0.05, 0.1) is 16.3 Å². The quantitative estimate of drug-likeness (QED) is 0.784. The summed E-state index contributed by atoms with van der Waals surface area (Å²) < 4.78 is 24.6. The van der Waals surface area contributed by atoms with E-state index in [2.05, 4.69) is 11.6 Å². The highest BCUT2D eigenvalue weighted by atomic mass is 35.5. The Bertz CT molecular complexity index is 845. The van der Waals surface area contributed by atoms with Crippen molar-refractivity contribution < 1.29 is 8.42 Å². The molecule has 2 rings (SSSR count). The predicted molar refractivity (Wildman–Crippen MR) is 92.1 cm³/mol. The first-order valence-electron chi connectivity index (χ1n) is 6.60. The molecule has 0 amide bonds. The van der Waals surface area contributed by atoms with Gasteiger partial charge in [-0.15, -0.1) is 0 Å². The minimum Gasteiger partial charge on any atom is -0.255 e. The molecule has 22 heavy (non-hydrogen) atoms. The van der Waals surface area contributed by atoms with E-state index >= 15 is 0 Å². The lowest BCUT2D eigenvalue weighted by atomic mass is 10.1. The number of halogens is 2. The van der Waals surface area contributed by atoms with Crippen LogP contribution in [0.25, 0.3) is 16.7 Å². The van der Waals surface area contributed by atoms with Gasteiger partial charge in [0.25, 0.3) is 0 Å². The fraction of sp³-hybridized carbons (Fsp3) is 0.188. The van der Waals surface area contributed by atoms with Gasteiger partial charge >= 0.3 is 0 Å². The third kappa shape index (κ3) is 3.35. The van der Waals surface area contributed by atoms with Crippen molar-refractivity contribution in [2.24, 2.45) is 0 Å². The molecule has 6 heteroatoms. The van der Waals surface area contributed by atoms with E-state index in [1.807, 2.05) is 0 Å². The number of hydrogen-bond acceptors (Lipinski definition) is 3. The van der Waals surface area contributed by atoms with E-state index in [0.717, 1.165) is 0 Å². The van der Waals surface area contributed by atoms with Gasteiger partial charge < -0.3 is 0 Å². The van der Waals surface area contributed by atoms with Crippen LogP contribution < -0.4 is 0 Å². The van der Waals surface area contributed by atoms with E-state index in [1.165, 1.54) is 0 Å². The Labute approximate surface area is 140 Å². The van der Waals surface area contributed by atoms with Crippen molar-refractivity contribution in [2.75, 3.05) is 5.75 Å². The maximum Gasteiger partial charge on any atom is 0.180 e. The second kappa shape index (κ2) is 6.41. The van der Waals surface area contributed by atoms with Crippen molar-refractivity contribution in [2.45, 2.75) is 18.7 Å². The lowest BCUT2D eigenvalue weighted by Crippen LogP contribution is -2.08. The molecule has 116 valence electrons. The molecular weight excluding hydrogens is 341 g/mol. The monoisotopic (exact) mass is 355 g/mol. The van der Waals surface area contributed by atoms with Gasteiger partial charge in [0.1, 0.15) is 0 Å². The highest BCUT2D eigenvalue weighted by Crippen LogP contribution is 2.33. The highest BCUT2D eigenvalue weighted by Gasteiger charge is 2.20. The van der Waals surface area contributed by atoms with Gasteiger partial charge in [-0.2, -0.15) is 0 Å². The van der Waals surface area contributed by atoms with Crippen LogP contribution in [-0.2, 0) is 9.84 Å². The Morgan fingerprint density at radius 3 is 2.50 bits per heavy atom. The summed E-state index contributed by atoms with van der Waals surface area (Å²) in [5, 5.41) is 0.957. The molecule has 0 unspecified atom stereocenters. The van der Waals surface area contributed by atoms with Crippen molar-refractivity contribution in [3.63, 3.8) is 0 Å². The number of hydrogen-bond donors (Lipinski definition) is 0. The Morgan fingerprint density at radius 2 is 1.95 bits per heavy atom. The Morgan fingerprint density at radius 1 is 1.27 bits per heavy atom. The van der Waals surface area contributed by atoms with E-state index in [9.17, 15) is 8.42 Å². The predicted octanol–water partition coefficient (Wildman–Crippen LogP) is 4.88. The molecule has 1 aromatic heterocycles. The molecule has 3 nitrogen and oxygen atoms in total. The van der Waals surface area contributed by atoms with E-state index < -0.39 is 9.84 Å². The minimum absolute atomic E-state index is 0.00718. The molecule has 0 fully saturated rings. The molecule has 1 aromatic carbocycles. The van der Waals surface area contributed by atoms with Crippen LogP contribution in [0.4, 0.5) is 0 Å². The molecule has 0 radical (unpaired) electrons. The lowest BCUT2D eigenvalue weighted by Gasteiger charge is -2.12. The fourth-order valence-corrected chi connectivity index (χ4v) is 3.69. The van der Waals surface area contributed by atoms with E-state index in [4.69, 9.17) is 23.2 Å². The Hall–Kier alpha value is -1.36. The first-order valence-corrected chi connectivity index (χ1v) is 9.01. The number of benzene rings is 1. The second-order valence-electron chi connectivity index (χ2n) is 4.88. The molecule has 0 aliphatic heterocycles. The van der Waals surface area contributed by atoms with E-state index in [-0.39, 0.29) is 10.6 Å². The largest absolute Gasteiger partial charge is 0.255 e. The third-order valence-electron chi connectivity index (χ3n) is 3.21. The number of allylic oxidation sites excluding steroid dienone is 1. The van der Waals surface area contributed by atoms with Crippen LogP contribution in [0.5, 0.6) is 0 Å². The van der Waals surface area contributed by atoms with Gasteiger partial charge in [-0.25, -0.2) is 8.42 Å². The number of sulfone groups is 1. The summed E-state index contributed by atoms with van der Waals surface area (Å²) in [7, 11) is -3.42. The molecule has 0 spiro atoms. The molecule has 0 saturated heterocycles. The number of aromatic nitrogens is 1. The van der Waals surface area contributed by atoms with Gasteiger partial charge in [0.15, 0.2) is 9.84 Å². The molecule has 0 aliphatic rings. The van der Waals surface area contributed by atoms with Crippen molar-refractivity contribution in [3.8, 4) is 11.1 Å². The molecule has 0 atom stereocenters. The van der Waals surface area contributed by atoms with Gasteiger partial charge in [-0.3, -0.25) is 4.98 Å². The summed E-state index contributed by atoms with van der Waals surface area (Å²) >= 11 is 12.1. The van der Waals surface area contributed by atoms with Crippen molar-refractivity contribution >= 4 is 38.6 Å². The zero-order valence-corrected chi connectivity index (χ0v) is 14.6. The zero-order chi connectivity index (χ0) is 16.5. The Balaban J connectivity index is 2.71. The second-order valence-corrected chi connectivity index (χ2v) is 7.97. The average Bonchev–Trinajstić information content (AvgIpc) is 2.46. The van der Waals surface area contributed by atoms with Crippen molar-refractivity contribution in [1.29, 1.82) is 0 Å². The summed E-state index contributed by atoms with van der Waals surface area (Å²) in [5.74, 6) is -0.00718. The molecule has 0 saturated carbocycles. The fourth-order valence-electron chi connectivity index (χ4n) is 2.03. The highest BCUT2D eigenvalue weighted by molar-refractivity contribution is 7.91. The minimum atomic E-state index is -3.42. The topological polar surface area (TPSA) is 47.0 Å². The molecule has 0 N–H and O–H groups in total. The molecule has 0 aliphatic carbocycles. The maximum absolute atomic E-state index is 12.3. The third-order valence-corrected chi connectivity index (χ3v) is 5.50. The maximum atomic E-state index is 12.3. The van der Waals surface area contributed by atoms with Crippen molar-refractivity contribution in [3.05, 3.63) is 52.8 Å². The van der Waals surface area contributed by atoms with Gasteiger partial charge in [0.2, 0.25) is 0 Å². The molecule has 1 heterocycles. The standard InChI is InChI=1S/C16H15Cl2NO2S/c1-4-22(20,21)15-7-11(9-19-16(15)10(2)3)13-6-5-12(17)8-14(13)18/h5-9H,2,4H2,1,3H3.